The molecule has 1 aromatic rings. The Morgan fingerprint density at radius 1 is 0.897 bits per heavy atom. The van der Waals surface area contributed by atoms with Gasteiger partial charge in [0.05, 0.1) is 5.69 Å². The van der Waals surface area contributed by atoms with E-state index in [1.54, 1.807) is 6.07 Å². The summed E-state index contributed by atoms with van der Waals surface area (Å²) in [6, 6.07) is 3.20. The van der Waals surface area contributed by atoms with Gasteiger partial charge in [-0.15, -0.1) is 0 Å². The summed E-state index contributed by atoms with van der Waals surface area (Å²) < 4.78 is 0. The number of hydrogen-bond donors (Lipinski definition) is 3. The van der Waals surface area contributed by atoms with Gasteiger partial charge in [-0.3, -0.25) is 0 Å². The van der Waals surface area contributed by atoms with Gasteiger partial charge in [0.1, 0.15) is 5.56 Å². The predicted molar refractivity (Wildman–Crippen MR) is 123 cm³/mol. The van der Waals surface area contributed by atoms with Crippen molar-refractivity contribution in [1.29, 1.82) is 0 Å². The number of carboxylic acids is 1. The Balaban J connectivity index is 2.04. The number of phenols is 1. The molecule has 0 fully saturated rings. The molecule has 0 bridgehead atoms. The van der Waals surface area contributed by atoms with Gasteiger partial charge in [-0.2, -0.15) is 0 Å². The molecule has 4 heteroatoms. The monoisotopic (exact) mass is 401 g/mol. The van der Waals surface area contributed by atoms with E-state index in [1.165, 1.54) is 57.4 Å². The van der Waals surface area contributed by atoms with E-state index in [-0.39, 0.29) is 17.0 Å². The number of allylic oxidation sites excluding steroid dienone is 4. The number of aromatic carboxylic acids is 1. The fourth-order valence-corrected chi connectivity index (χ4v) is 3.34. The highest BCUT2D eigenvalue weighted by Gasteiger charge is 2.13. The zero-order chi connectivity index (χ0) is 21.3. The number of carbonyl (C=O) groups is 1. The Morgan fingerprint density at radius 2 is 1.48 bits per heavy atom. The van der Waals surface area contributed by atoms with Crippen LogP contribution in [0, 0.1) is 0 Å². The number of unbranched alkanes of at least 4 members (excludes halogenated alkanes) is 9. The van der Waals surface area contributed by atoms with E-state index in [0.717, 1.165) is 37.7 Å². The van der Waals surface area contributed by atoms with Crippen molar-refractivity contribution < 1.29 is 15.0 Å². The molecule has 29 heavy (non-hydrogen) atoms. The van der Waals surface area contributed by atoms with Crippen molar-refractivity contribution in [2.24, 2.45) is 0 Å². The molecular formula is C25H39NO3. The van der Waals surface area contributed by atoms with Crippen LogP contribution < -0.4 is 5.73 Å². The zero-order valence-corrected chi connectivity index (χ0v) is 18.0. The Morgan fingerprint density at radius 3 is 2.10 bits per heavy atom. The van der Waals surface area contributed by atoms with E-state index in [2.05, 4.69) is 31.2 Å². The van der Waals surface area contributed by atoms with Crippen molar-refractivity contribution in [2.45, 2.75) is 90.4 Å². The number of benzene rings is 1. The van der Waals surface area contributed by atoms with Crippen molar-refractivity contribution in [3.05, 3.63) is 47.6 Å². The van der Waals surface area contributed by atoms with Gasteiger partial charge in [-0.05, 0) is 62.6 Å². The number of nitrogen functional groups attached to an aromatic ring is 1. The van der Waals surface area contributed by atoms with Crippen LogP contribution in [0.3, 0.4) is 0 Å². The van der Waals surface area contributed by atoms with Crippen LogP contribution in [0.15, 0.2) is 36.4 Å². The van der Waals surface area contributed by atoms with Crippen LogP contribution in [-0.2, 0) is 6.42 Å². The highest BCUT2D eigenvalue weighted by Crippen LogP contribution is 2.27. The van der Waals surface area contributed by atoms with Crippen LogP contribution in [0.2, 0.25) is 0 Å². The second-order valence-electron chi connectivity index (χ2n) is 7.72. The fraction of sp³-hybridized carbons (Fsp3) is 0.560. The molecule has 0 aliphatic heterocycles. The first-order valence-corrected chi connectivity index (χ1v) is 11.2. The summed E-state index contributed by atoms with van der Waals surface area (Å²) in [7, 11) is 0. The van der Waals surface area contributed by atoms with Crippen LogP contribution in [-0.4, -0.2) is 16.2 Å². The molecule has 0 aliphatic rings. The van der Waals surface area contributed by atoms with Crippen molar-refractivity contribution in [2.75, 3.05) is 5.73 Å². The highest BCUT2D eigenvalue weighted by atomic mass is 16.4. The minimum Gasteiger partial charge on any atom is -0.505 e. The molecule has 0 atom stereocenters. The van der Waals surface area contributed by atoms with Crippen molar-refractivity contribution >= 4 is 11.7 Å². The third-order valence-corrected chi connectivity index (χ3v) is 5.10. The van der Waals surface area contributed by atoms with Gasteiger partial charge < -0.3 is 15.9 Å². The third-order valence-electron chi connectivity index (χ3n) is 5.10. The molecule has 0 radical (unpaired) electrons. The number of hydrogen-bond acceptors (Lipinski definition) is 3. The van der Waals surface area contributed by atoms with Gasteiger partial charge in [0, 0.05) is 0 Å². The first kappa shape index (κ1) is 24.8. The maximum Gasteiger partial charge on any atom is 0.339 e. The number of aromatic hydroxyl groups is 1. The normalized spacial score (nSPS) is 11.6. The van der Waals surface area contributed by atoms with E-state index in [0.29, 0.717) is 0 Å². The Bertz CT molecular complexity index is 650. The number of nitrogens with two attached hydrogens (primary N) is 1. The maximum atomic E-state index is 11.1. The topological polar surface area (TPSA) is 83.5 Å². The van der Waals surface area contributed by atoms with Crippen molar-refractivity contribution in [3.63, 3.8) is 0 Å². The van der Waals surface area contributed by atoms with Crippen molar-refractivity contribution in [1.82, 2.24) is 0 Å². The first-order chi connectivity index (χ1) is 14.1. The van der Waals surface area contributed by atoms with Crippen LogP contribution in [0.25, 0.3) is 0 Å². The van der Waals surface area contributed by atoms with E-state index in [9.17, 15) is 9.90 Å². The largest absolute Gasteiger partial charge is 0.505 e. The smallest absolute Gasteiger partial charge is 0.339 e. The standard InChI is InChI=1S/C25H39NO3/c1-2-3-4-5-6-7-8-9-10-11-12-13-14-15-16-17-18-21-19-22(25(28)29)24(27)23(26)20-21/h6-7,9-10,19-20,27H,2-5,8,11-18,26H2,1H3,(H,28,29)/b7-6-,10-9-. The molecule has 0 spiro atoms. The lowest BCUT2D eigenvalue weighted by Crippen LogP contribution is -2.01. The summed E-state index contributed by atoms with van der Waals surface area (Å²) in [6.07, 6.45) is 24.4. The molecule has 0 saturated heterocycles. The van der Waals surface area contributed by atoms with Crippen LogP contribution >= 0.6 is 0 Å². The van der Waals surface area contributed by atoms with Gasteiger partial charge in [0.15, 0.2) is 5.75 Å². The van der Waals surface area contributed by atoms with Crippen LogP contribution in [0.5, 0.6) is 5.75 Å². The molecule has 1 rings (SSSR count). The predicted octanol–water partition coefficient (Wildman–Crippen LogP) is 7.03. The van der Waals surface area contributed by atoms with Gasteiger partial charge in [0.25, 0.3) is 0 Å². The lowest BCUT2D eigenvalue weighted by molar-refractivity contribution is 0.0693. The number of anilines is 1. The second-order valence-corrected chi connectivity index (χ2v) is 7.72. The van der Waals surface area contributed by atoms with Crippen molar-refractivity contribution in [3.8, 4) is 5.75 Å². The SMILES string of the molecule is CCCCC/C=C\C/C=C\CCCCCCCCc1cc(N)c(O)c(C(=O)O)c1. The fourth-order valence-electron chi connectivity index (χ4n) is 3.34. The maximum absolute atomic E-state index is 11.1. The number of carboxylic acid groups (broad SMARTS) is 1. The number of aryl methyl sites for hydroxylation is 1. The Labute approximate surface area is 176 Å². The third kappa shape index (κ3) is 11.4. The van der Waals surface area contributed by atoms with E-state index >= 15 is 0 Å². The molecule has 0 aliphatic carbocycles. The Hall–Kier alpha value is -2.23. The average Bonchev–Trinajstić information content (AvgIpc) is 2.69. The summed E-state index contributed by atoms with van der Waals surface area (Å²) >= 11 is 0. The zero-order valence-electron chi connectivity index (χ0n) is 18.0. The molecule has 0 unspecified atom stereocenters. The van der Waals surface area contributed by atoms with E-state index < -0.39 is 5.97 Å². The Kier molecular flexibility index (Phi) is 13.4. The van der Waals surface area contributed by atoms with Crippen LogP contribution in [0.4, 0.5) is 5.69 Å². The molecule has 0 heterocycles. The molecule has 1 aromatic carbocycles. The summed E-state index contributed by atoms with van der Waals surface area (Å²) in [5.41, 5.74) is 6.60. The highest BCUT2D eigenvalue weighted by molar-refractivity contribution is 5.93. The van der Waals surface area contributed by atoms with E-state index in [4.69, 9.17) is 10.8 Å². The summed E-state index contributed by atoms with van der Waals surface area (Å²) in [6.45, 7) is 2.24. The molecule has 0 amide bonds. The second kappa shape index (κ2) is 15.7. The van der Waals surface area contributed by atoms with Gasteiger partial charge in [-0.1, -0.05) is 69.8 Å². The molecular weight excluding hydrogens is 362 g/mol. The molecule has 0 aromatic heterocycles. The van der Waals surface area contributed by atoms with E-state index in [1.807, 2.05) is 0 Å². The van der Waals surface area contributed by atoms with Gasteiger partial charge in [-0.25, -0.2) is 4.79 Å². The number of rotatable bonds is 16. The van der Waals surface area contributed by atoms with Crippen LogP contribution in [0.1, 0.15) is 99.9 Å². The molecule has 4 N–H and O–H groups in total. The molecule has 0 saturated carbocycles. The lowest BCUT2D eigenvalue weighted by atomic mass is 10.0. The average molecular weight is 402 g/mol. The summed E-state index contributed by atoms with van der Waals surface area (Å²) in [5.74, 6) is -1.48. The molecule has 4 nitrogen and oxygen atoms in total. The minimum absolute atomic E-state index is 0.111. The molecule has 162 valence electrons. The quantitative estimate of drug-likeness (QED) is 0.120. The summed E-state index contributed by atoms with van der Waals surface area (Å²) in [4.78, 5) is 11.1. The van der Waals surface area contributed by atoms with Gasteiger partial charge in [0.2, 0.25) is 0 Å². The lowest BCUT2D eigenvalue weighted by Gasteiger charge is -2.08. The first-order valence-electron chi connectivity index (χ1n) is 11.2. The minimum atomic E-state index is -1.15. The van der Waals surface area contributed by atoms with Gasteiger partial charge >= 0.3 is 5.97 Å². The summed E-state index contributed by atoms with van der Waals surface area (Å²) in [5, 5.41) is 18.8.